The molecule has 0 fully saturated rings. The van der Waals surface area contributed by atoms with Gasteiger partial charge in [0.25, 0.3) is 0 Å². The molecule has 0 saturated carbocycles. The Morgan fingerprint density at radius 1 is 1.12 bits per heavy atom. The van der Waals surface area contributed by atoms with Crippen LogP contribution in [0.3, 0.4) is 0 Å². The van der Waals surface area contributed by atoms with Crippen molar-refractivity contribution < 1.29 is 14.7 Å². The second-order valence-corrected chi connectivity index (χ2v) is 4.03. The lowest BCUT2D eigenvalue weighted by atomic mass is 9.97. The van der Waals surface area contributed by atoms with Crippen molar-refractivity contribution in [1.29, 1.82) is 0 Å². The van der Waals surface area contributed by atoms with E-state index < -0.39 is 6.09 Å². The van der Waals surface area contributed by atoms with Crippen LogP contribution < -0.4 is 10.9 Å². The third-order valence-electron chi connectivity index (χ3n) is 2.49. The molecule has 0 aliphatic heterocycles. The Labute approximate surface area is 99.8 Å². The Hall–Kier alpha value is -2.04. The third kappa shape index (κ3) is 3.79. The van der Waals surface area contributed by atoms with E-state index in [9.17, 15) is 9.59 Å². The van der Waals surface area contributed by atoms with Crippen molar-refractivity contribution in [1.82, 2.24) is 10.9 Å². The van der Waals surface area contributed by atoms with Crippen LogP contribution >= 0.6 is 0 Å². The number of hydrogen-bond donors (Lipinski definition) is 3. The number of carbonyl (C=O) groups excluding carboxylic acids is 1. The van der Waals surface area contributed by atoms with Gasteiger partial charge in [-0.3, -0.25) is 10.2 Å². The number of hydrazine groups is 1. The molecule has 92 valence electrons. The van der Waals surface area contributed by atoms with E-state index in [2.05, 4.69) is 5.43 Å². The van der Waals surface area contributed by atoms with Crippen LogP contribution in [-0.2, 0) is 11.2 Å². The Bertz CT molecular complexity index is 432. The largest absolute Gasteiger partial charge is 0.464 e. The van der Waals surface area contributed by atoms with Gasteiger partial charge in [-0.1, -0.05) is 17.7 Å². The van der Waals surface area contributed by atoms with E-state index in [4.69, 9.17) is 5.11 Å². The Morgan fingerprint density at radius 2 is 1.65 bits per heavy atom. The summed E-state index contributed by atoms with van der Waals surface area (Å²) >= 11 is 0. The molecule has 0 bridgehead atoms. The zero-order valence-electron chi connectivity index (χ0n) is 10.1. The molecule has 1 aromatic rings. The average molecular weight is 236 g/mol. The molecule has 0 radical (unpaired) electrons. The predicted molar refractivity (Wildman–Crippen MR) is 63.7 cm³/mol. The fourth-order valence-electron chi connectivity index (χ4n) is 1.82. The molecule has 0 heterocycles. The number of benzene rings is 1. The first-order chi connectivity index (χ1) is 7.90. The van der Waals surface area contributed by atoms with Crippen LogP contribution in [-0.4, -0.2) is 17.1 Å². The minimum atomic E-state index is -1.28. The summed E-state index contributed by atoms with van der Waals surface area (Å²) in [6.07, 6.45) is -1.12. The van der Waals surface area contributed by atoms with Crippen LogP contribution in [0.4, 0.5) is 4.79 Å². The molecule has 2 amide bonds. The fourth-order valence-corrected chi connectivity index (χ4v) is 1.82. The Balaban J connectivity index is 2.75. The van der Waals surface area contributed by atoms with E-state index in [1.807, 2.05) is 38.3 Å². The van der Waals surface area contributed by atoms with Gasteiger partial charge in [-0.15, -0.1) is 0 Å². The first kappa shape index (κ1) is 13.0. The van der Waals surface area contributed by atoms with E-state index in [-0.39, 0.29) is 12.3 Å². The van der Waals surface area contributed by atoms with Crippen LogP contribution in [0.25, 0.3) is 0 Å². The quantitative estimate of drug-likeness (QED) is 0.680. The molecule has 1 rings (SSSR count). The summed E-state index contributed by atoms with van der Waals surface area (Å²) in [5.74, 6) is -0.373. The molecule has 0 aliphatic carbocycles. The minimum Gasteiger partial charge on any atom is -0.464 e. The zero-order valence-corrected chi connectivity index (χ0v) is 10.1. The van der Waals surface area contributed by atoms with Crippen LogP contribution in [0.15, 0.2) is 12.1 Å². The summed E-state index contributed by atoms with van der Waals surface area (Å²) in [4.78, 5) is 21.7. The molecule has 0 atom stereocenters. The van der Waals surface area contributed by atoms with Gasteiger partial charge < -0.3 is 5.11 Å². The van der Waals surface area contributed by atoms with Gasteiger partial charge in [-0.2, -0.15) is 0 Å². The molecule has 5 nitrogen and oxygen atoms in total. The van der Waals surface area contributed by atoms with Crippen molar-refractivity contribution in [3.8, 4) is 0 Å². The van der Waals surface area contributed by atoms with Gasteiger partial charge in [-0.05, 0) is 37.5 Å². The summed E-state index contributed by atoms with van der Waals surface area (Å²) in [6, 6.07) is 4.00. The summed E-state index contributed by atoms with van der Waals surface area (Å²) < 4.78 is 0. The predicted octanol–water partition coefficient (Wildman–Crippen LogP) is 1.45. The summed E-state index contributed by atoms with van der Waals surface area (Å²) in [7, 11) is 0. The number of amides is 2. The average Bonchev–Trinajstić information content (AvgIpc) is 2.20. The maximum Gasteiger partial charge on any atom is 0.423 e. The van der Waals surface area contributed by atoms with Crippen LogP contribution in [0.1, 0.15) is 22.3 Å². The number of carboxylic acid groups (broad SMARTS) is 1. The van der Waals surface area contributed by atoms with Crippen molar-refractivity contribution in [3.63, 3.8) is 0 Å². The molecule has 0 unspecified atom stereocenters. The molecule has 1 aromatic carbocycles. The molecule has 3 N–H and O–H groups in total. The van der Waals surface area contributed by atoms with E-state index in [1.165, 1.54) is 0 Å². The molecule has 0 aromatic heterocycles. The summed E-state index contributed by atoms with van der Waals surface area (Å²) in [5.41, 5.74) is 8.09. The molecule has 5 heteroatoms. The molecule has 0 spiro atoms. The Morgan fingerprint density at radius 3 is 2.12 bits per heavy atom. The first-order valence-corrected chi connectivity index (χ1v) is 5.24. The van der Waals surface area contributed by atoms with Gasteiger partial charge in [0.15, 0.2) is 0 Å². The lowest BCUT2D eigenvalue weighted by molar-refractivity contribution is -0.121. The molecular weight excluding hydrogens is 220 g/mol. The van der Waals surface area contributed by atoms with Crippen molar-refractivity contribution >= 4 is 12.0 Å². The number of hydrogen-bond acceptors (Lipinski definition) is 2. The van der Waals surface area contributed by atoms with Crippen LogP contribution in [0, 0.1) is 20.8 Å². The Kier molecular flexibility index (Phi) is 4.09. The summed E-state index contributed by atoms with van der Waals surface area (Å²) in [6.45, 7) is 5.87. The highest BCUT2D eigenvalue weighted by molar-refractivity contribution is 5.81. The highest BCUT2D eigenvalue weighted by Crippen LogP contribution is 2.16. The smallest absolute Gasteiger partial charge is 0.423 e. The van der Waals surface area contributed by atoms with Gasteiger partial charge in [0, 0.05) is 0 Å². The minimum absolute atomic E-state index is 0.165. The summed E-state index contributed by atoms with van der Waals surface area (Å²) in [5, 5.41) is 8.35. The first-order valence-electron chi connectivity index (χ1n) is 5.24. The highest BCUT2D eigenvalue weighted by Gasteiger charge is 2.09. The number of nitrogens with one attached hydrogen (secondary N) is 2. The number of carbonyl (C=O) groups is 2. The van der Waals surface area contributed by atoms with Crippen LogP contribution in [0.2, 0.25) is 0 Å². The van der Waals surface area contributed by atoms with Gasteiger partial charge >= 0.3 is 6.09 Å². The lowest BCUT2D eigenvalue weighted by Crippen LogP contribution is -2.41. The van der Waals surface area contributed by atoms with E-state index in [0.717, 1.165) is 22.3 Å². The second-order valence-electron chi connectivity index (χ2n) is 4.03. The molecule has 0 saturated heterocycles. The maximum absolute atomic E-state index is 11.5. The standard InChI is InChI=1S/C12H16N2O3/c1-7-4-8(2)10(9(3)5-7)6-11(15)13-14-12(16)17/h4-5,14H,6H2,1-3H3,(H,13,15)(H,16,17). The fraction of sp³-hybridized carbons (Fsp3) is 0.333. The lowest BCUT2D eigenvalue weighted by Gasteiger charge is -2.11. The SMILES string of the molecule is Cc1cc(C)c(CC(=O)NNC(=O)O)c(C)c1. The normalized spacial score (nSPS) is 9.82. The van der Waals surface area contributed by atoms with Crippen molar-refractivity contribution in [2.45, 2.75) is 27.2 Å². The molecule has 17 heavy (non-hydrogen) atoms. The van der Waals surface area contributed by atoms with Crippen LogP contribution in [0.5, 0.6) is 0 Å². The number of aryl methyl sites for hydroxylation is 3. The van der Waals surface area contributed by atoms with Crippen molar-refractivity contribution in [3.05, 3.63) is 34.4 Å². The molecular formula is C12H16N2O3. The van der Waals surface area contributed by atoms with E-state index >= 15 is 0 Å². The van der Waals surface area contributed by atoms with Gasteiger partial charge in [-0.25, -0.2) is 10.2 Å². The van der Waals surface area contributed by atoms with Crippen molar-refractivity contribution in [2.24, 2.45) is 0 Å². The van der Waals surface area contributed by atoms with Gasteiger partial charge in [0.05, 0.1) is 6.42 Å². The van der Waals surface area contributed by atoms with Crippen molar-refractivity contribution in [2.75, 3.05) is 0 Å². The molecule has 0 aliphatic rings. The van der Waals surface area contributed by atoms with Gasteiger partial charge in [0.2, 0.25) is 5.91 Å². The topological polar surface area (TPSA) is 78.4 Å². The van der Waals surface area contributed by atoms with Gasteiger partial charge in [0.1, 0.15) is 0 Å². The van der Waals surface area contributed by atoms with E-state index in [1.54, 1.807) is 0 Å². The maximum atomic E-state index is 11.5. The monoisotopic (exact) mass is 236 g/mol. The zero-order chi connectivity index (χ0) is 13.0. The van der Waals surface area contributed by atoms with E-state index in [0.29, 0.717) is 0 Å². The third-order valence-corrected chi connectivity index (χ3v) is 2.49. The second kappa shape index (κ2) is 5.34. The number of rotatable bonds is 2. The highest BCUT2D eigenvalue weighted by atomic mass is 16.4.